The third kappa shape index (κ3) is 5.58. The largest absolute Gasteiger partial charge is 0.494 e. The molecule has 1 aromatic heterocycles. The Morgan fingerprint density at radius 1 is 1.26 bits per heavy atom. The highest BCUT2D eigenvalue weighted by atomic mass is 79.9. The van der Waals surface area contributed by atoms with Gasteiger partial charge in [-0.05, 0) is 78.2 Å². The Morgan fingerprint density at radius 3 is 2.77 bits per heavy atom. The van der Waals surface area contributed by atoms with Crippen LogP contribution in [0.5, 0.6) is 17.2 Å². The molecule has 0 saturated heterocycles. The third-order valence-corrected chi connectivity index (χ3v) is 5.14. The van der Waals surface area contributed by atoms with E-state index in [2.05, 4.69) is 33.4 Å². The summed E-state index contributed by atoms with van der Waals surface area (Å²) in [6.45, 7) is 6.52. The second-order valence-electron chi connectivity index (χ2n) is 6.81. The first kappa shape index (κ1) is 22.7. The number of hydrogen-bond donors (Lipinski definition) is 1. The lowest BCUT2D eigenvalue weighted by atomic mass is 10.2. The van der Waals surface area contributed by atoms with E-state index in [1.165, 1.54) is 6.21 Å². The molecule has 1 amide bonds. The number of amides is 1. The van der Waals surface area contributed by atoms with Crippen molar-refractivity contribution < 1.29 is 23.4 Å². The molecule has 3 aromatic rings. The summed E-state index contributed by atoms with van der Waals surface area (Å²) in [5.41, 5.74) is 3.81. The standard InChI is InChI=1S/C23H25BrN2O5/c1-5-14(3)30-22-18(24)9-15(10-20(22)28-4)13-25-26-23(27)21-12-16-11-17(29-6-2)7-8-19(16)31-21/h7-14H,5-6H2,1-4H3,(H,26,27)/b25-13+/t14-/m1/s1. The summed E-state index contributed by atoms with van der Waals surface area (Å²) in [6.07, 6.45) is 2.45. The van der Waals surface area contributed by atoms with Crippen LogP contribution in [0.15, 0.2) is 50.4 Å². The fourth-order valence-electron chi connectivity index (χ4n) is 2.82. The number of carbonyl (C=O) groups is 1. The number of ether oxygens (including phenoxy) is 3. The van der Waals surface area contributed by atoms with E-state index in [-0.39, 0.29) is 11.9 Å². The van der Waals surface area contributed by atoms with E-state index in [4.69, 9.17) is 18.6 Å². The van der Waals surface area contributed by atoms with Crippen molar-refractivity contribution in [3.63, 3.8) is 0 Å². The second-order valence-corrected chi connectivity index (χ2v) is 7.67. The lowest BCUT2D eigenvalue weighted by Gasteiger charge is -2.17. The summed E-state index contributed by atoms with van der Waals surface area (Å²) < 4.78 is 23.2. The van der Waals surface area contributed by atoms with Gasteiger partial charge in [-0.2, -0.15) is 5.10 Å². The number of rotatable bonds is 9. The summed E-state index contributed by atoms with van der Waals surface area (Å²) in [5.74, 6) is 1.64. The minimum absolute atomic E-state index is 0.0532. The van der Waals surface area contributed by atoms with E-state index in [1.54, 1.807) is 31.4 Å². The first-order valence-electron chi connectivity index (χ1n) is 9.99. The van der Waals surface area contributed by atoms with Gasteiger partial charge in [-0.25, -0.2) is 5.43 Å². The van der Waals surface area contributed by atoms with Crippen LogP contribution in [0.25, 0.3) is 11.0 Å². The molecule has 7 nitrogen and oxygen atoms in total. The van der Waals surface area contributed by atoms with E-state index >= 15 is 0 Å². The highest BCUT2D eigenvalue weighted by Crippen LogP contribution is 2.37. The van der Waals surface area contributed by atoms with E-state index in [0.29, 0.717) is 23.7 Å². The number of nitrogens with zero attached hydrogens (tertiary/aromatic N) is 1. The summed E-state index contributed by atoms with van der Waals surface area (Å²) in [6, 6.07) is 10.7. The van der Waals surface area contributed by atoms with Gasteiger partial charge in [0.15, 0.2) is 17.3 Å². The van der Waals surface area contributed by atoms with Gasteiger partial charge in [-0.15, -0.1) is 0 Å². The lowest BCUT2D eigenvalue weighted by molar-refractivity contribution is 0.0929. The number of carbonyl (C=O) groups excluding carboxylic acids is 1. The monoisotopic (exact) mass is 488 g/mol. The number of fused-ring (bicyclic) bond motifs is 1. The van der Waals surface area contributed by atoms with Crippen molar-refractivity contribution >= 4 is 39.0 Å². The van der Waals surface area contributed by atoms with E-state index in [1.807, 2.05) is 26.0 Å². The smallest absolute Gasteiger partial charge is 0.307 e. The van der Waals surface area contributed by atoms with Gasteiger partial charge in [-0.1, -0.05) is 6.92 Å². The maximum absolute atomic E-state index is 12.4. The summed E-state index contributed by atoms with van der Waals surface area (Å²) in [5, 5.41) is 4.81. The zero-order chi connectivity index (χ0) is 22.4. The van der Waals surface area contributed by atoms with E-state index in [9.17, 15) is 4.79 Å². The molecular weight excluding hydrogens is 464 g/mol. The normalized spacial score (nSPS) is 12.2. The van der Waals surface area contributed by atoms with Crippen molar-refractivity contribution in [2.24, 2.45) is 5.10 Å². The summed E-state index contributed by atoms with van der Waals surface area (Å²) >= 11 is 3.51. The number of hydrazone groups is 1. The molecule has 164 valence electrons. The minimum atomic E-state index is -0.451. The van der Waals surface area contributed by atoms with Crippen LogP contribution in [-0.4, -0.2) is 31.9 Å². The highest BCUT2D eigenvalue weighted by molar-refractivity contribution is 9.10. The summed E-state index contributed by atoms with van der Waals surface area (Å²) in [4.78, 5) is 12.4. The molecule has 1 N–H and O–H groups in total. The van der Waals surface area contributed by atoms with Crippen LogP contribution >= 0.6 is 15.9 Å². The molecule has 31 heavy (non-hydrogen) atoms. The lowest BCUT2D eigenvalue weighted by Crippen LogP contribution is -2.16. The molecule has 2 aromatic carbocycles. The van der Waals surface area contributed by atoms with Gasteiger partial charge in [0.05, 0.1) is 30.5 Å². The maximum atomic E-state index is 12.4. The van der Waals surface area contributed by atoms with E-state index < -0.39 is 5.91 Å². The predicted octanol–water partition coefficient (Wildman–Crippen LogP) is 5.54. The first-order chi connectivity index (χ1) is 14.9. The Morgan fingerprint density at radius 2 is 2.06 bits per heavy atom. The Kier molecular flexibility index (Phi) is 7.57. The third-order valence-electron chi connectivity index (χ3n) is 4.55. The van der Waals surface area contributed by atoms with Crippen molar-refractivity contribution in [3.05, 3.63) is 52.2 Å². The molecule has 0 aliphatic rings. The molecule has 1 atom stereocenters. The molecule has 0 fully saturated rings. The molecule has 0 aliphatic heterocycles. The van der Waals surface area contributed by atoms with Crippen LogP contribution in [0, 0.1) is 0 Å². The number of nitrogens with one attached hydrogen (secondary N) is 1. The van der Waals surface area contributed by atoms with E-state index in [0.717, 1.165) is 27.6 Å². The van der Waals surface area contributed by atoms with Gasteiger partial charge in [0.1, 0.15) is 11.3 Å². The molecule has 0 bridgehead atoms. The SMILES string of the molecule is CCOc1ccc2oc(C(=O)N/N=C/c3cc(Br)c(O[C@H](C)CC)c(OC)c3)cc2c1. The molecular formula is C23H25BrN2O5. The van der Waals surface area contributed by atoms with Crippen LogP contribution in [0.2, 0.25) is 0 Å². The minimum Gasteiger partial charge on any atom is -0.494 e. The van der Waals surface area contributed by atoms with Gasteiger partial charge in [-0.3, -0.25) is 4.79 Å². The molecule has 8 heteroatoms. The number of halogens is 1. The van der Waals surface area contributed by atoms with Crippen molar-refractivity contribution in [2.45, 2.75) is 33.3 Å². The number of methoxy groups -OCH3 is 1. The molecule has 0 saturated carbocycles. The zero-order valence-corrected chi connectivity index (χ0v) is 19.5. The van der Waals surface area contributed by atoms with Gasteiger partial charge < -0.3 is 18.6 Å². The fraction of sp³-hybridized carbons (Fsp3) is 0.304. The Balaban J connectivity index is 1.71. The van der Waals surface area contributed by atoms with Gasteiger partial charge in [0, 0.05) is 5.39 Å². The topological polar surface area (TPSA) is 82.3 Å². The van der Waals surface area contributed by atoms with Crippen LogP contribution < -0.4 is 19.6 Å². The van der Waals surface area contributed by atoms with Crippen molar-refractivity contribution in [3.8, 4) is 17.2 Å². The van der Waals surface area contributed by atoms with Crippen LogP contribution in [-0.2, 0) is 0 Å². The molecule has 0 spiro atoms. The Hall–Kier alpha value is -3.00. The van der Waals surface area contributed by atoms with Gasteiger partial charge in [0.2, 0.25) is 0 Å². The number of benzene rings is 2. The van der Waals surface area contributed by atoms with Gasteiger partial charge in [0.25, 0.3) is 0 Å². The van der Waals surface area contributed by atoms with Crippen LogP contribution in [0.3, 0.4) is 0 Å². The molecule has 0 unspecified atom stereocenters. The van der Waals surface area contributed by atoms with Crippen molar-refractivity contribution in [2.75, 3.05) is 13.7 Å². The van der Waals surface area contributed by atoms with Crippen LogP contribution in [0.1, 0.15) is 43.3 Å². The Labute approximate surface area is 189 Å². The maximum Gasteiger partial charge on any atom is 0.307 e. The molecule has 3 rings (SSSR count). The van der Waals surface area contributed by atoms with Crippen molar-refractivity contribution in [1.82, 2.24) is 5.43 Å². The first-order valence-corrected chi connectivity index (χ1v) is 10.8. The quantitative estimate of drug-likeness (QED) is 0.315. The number of hydrogen-bond acceptors (Lipinski definition) is 6. The zero-order valence-electron chi connectivity index (χ0n) is 17.9. The Bertz CT molecular complexity index is 1090. The molecule has 1 heterocycles. The number of furan rings is 1. The highest BCUT2D eigenvalue weighted by Gasteiger charge is 2.15. The average molecular weight is 489 g/mol. The summed E-state index contributed by atoms with van der Waals surface area (Å²) in [7, 11) is 1.58. The average Bonchev–Trinajstić information content (AvgIpc) is 3.19. The molecule has 0 aliphatic carbocycles. The van der Waals surface area contributed by atoms with Crippen molar-refractivity contribution in [1.29, 1.82) is 0 Å². The fourth-order valence-corrected chi connectivity index (χ4v) is 3.38. The van der Waals surface area contributed by atoms with Gasteiger partial charge >= 0.3 is 5.91 Å². The second kappa shape index (κ2) is 10.3. The molecule has 0 radical (unpaired) electrons. The predicted molar refractivity (Wildman–Crippen MR) is 124 cm³/mol. The van der Waals surface area contributed by atoms with Crippen LogP contribution in [0.4, 0.5) is 0 Å².